The minimum atomic E-state index is 1.26. The van der Waals surface area contributed by atoms with E-state index < -0.39 is 0 Å². The molecule has 0 unspecified atom stereocenters. The molecule has 2 rings (SSSR count). The number of nitrogens with zero attached hydrogens (tertiary/aromatic N) is 1. The Balaban J connectivity index is 1.66. The highest BCUT2D eigenvalue weighted by atomic mass is 15.4. The van der Waals surface area contributed by atoms with Gasteiger partial charge >= 0.3 is 0 Å². The van der Waals surface area contributed by atoms with E-state index in [0.29, 0.717) is 0 Å². The van der Waals surface area contributed by atoms with Gasteiger partial charge in [0.1, 0.15) is 6.54 Å². The number of hydrogen-bond acceptors (Lipinski definition) is 0. The molecule has 0 spiro atoms. The third kappa shape index (κ3) is 6.12. The lowest BCUT2D eigenvalue weighted by Gasteiger charge is -2.34. The molecule has 1 aliphatic heterocycles. The maximum absolute atomic E-state index is 2.31. The van der Waals surface area contributed by atoms with Gasteiger partial charge in [-0.3, -0.25) is 0 Å². The van der Waals surface area contributed by atoms with E-state index in [1.165, 1.54) is 100 Å². The Morgan fingerprint density at radius 1 is 0.773 bits per heavy atom. The van der Waals surface area contributed by atoms with Crippen LogP contribution in [0.4, 0.5) is 0 Å². The summed E-state index contributed by atoms with van der Waals surface area (Å²) in [7, 11) is 0. The molecule has 1 heterocycles. The molecule has 0 saturated carbocycles. The van der Waals surface area contributed by atoms with Crippen LogP contribution in [0.2, 0.25) is 0 Å². The summed E-state index contributed by atoms with van der Waals surface area (Å²) in [5, 5.41) is 0. The van der Waals surface area contributed by atoms with Crippen molar-refractivity contribution in [3.8, 4) is 0 Å². The first-order valence-corrected chi connectivity index (χ1v) is 9.74. The van der Waals surface area contributed by atoms with Crippen molar-refractivity contribution in [3.63, 3.8) is 0 Å². The Labute approximate surface area is 138 Å². The van der Waals surface area contributed by atoms with Crippen LogP contribution in [0.15, 0.2) is 30.3 Å². The molecular weight excluding hydrogens is 266 g/mol. The number of unbranched alkanes of at least 4 members (excludes halogenated alkanes) is 7. The van der Waals surface area contributed by atoms with Gasteiger partial charge in [0.05, 0.1) is 19.6 Å². The topological polar surface area (TPSA) is 0 Å². The van der Waals surface area contributed by atoms with E-state index in [-0.39, 0.29) is 0 Å². The standard InChI is InChI=1S/C21H36N/c1-2-3-4-5-6-7-8-12-17-22(18-13-14-19-22)20-21-15-10-9-11-16-21/h9-11,15-16H,2-8,12-14,17-20H2,1H3/q+1. The summed E-state index contributed by atoms with van der Waals surface area (Å²) in [6, 6.07) is 11.1. The minimum Gasteiger partial charge on any atom is -0.320 e. The van der Waals surface area contributed by atoms with Gasteiger partial charge in [0.2, 0.25) is 0 Å². The summed E-state index contributed by atoms with van der Waals surface area (Å²) in [6.45, 7) is 7.78. The number of hydrogen-bond donors (Lipinski definition) is 0. The van der Waals surface area contributed by atoms with Gasteiger partial charge in [0.25, 0.3) is 0 Å². The highest BCUT2D eigenvalue weighted by molar-refractivity contribution is 5.13. The zero-order valence-corrected chi connectivity index (χ0v) is 14.7. The number of rotatable bonds is 11. The maximum atomic E-state index is 2.31. The minimum absolute atomic E-state index is 1.26. The third-order valence-corrected chi connectivity index (χ3v) is 5.36. The monoisotopic (exact) mass is 302 g/mol. The van der Waals surface area contributed by atoms with Gasteiger partial charge in [-0.2, -0.15) is 0 Å². The predicted molar refractivity (Wildman–Crippen MR) is 96.9 cm³/mol. The maximum Gasteiger partial charge on any atom is 0.104 e. The average Bonchev–Trinajstić information content (AvgIpc) is 2.99. The molecule has 1 heteroatoms. The quantitative estimate of drug-likeness (QED) is 0.350. The van der Waals surface area contributed by atoms with E-state index in [1.54, 1.807) is 0 Å². The van der Waals surface area contributed by atoms with Crippen molar-refractivity contribution in [2.45, 2.75) is 77.7 Å². The number of likely N-dealkylation sites (tertiary alicyclic amines) is 1. The molecule has 1 nitrogen and oxygen atoms in total. The number of benzene rings is 1. The molecule has 1 aliphatic rings. The Morgan fingerprint density at radius 3 is 2.00 bits per heavy atom. The summed E-state index contributed by atoms with van der Waals surface area (Å²) >= 11 is 0. The van der Waals surface area contributed by atoms with Crippen LogP contribution in [-0.4, -0.2) is 24.1 Å². The largest absolute Gasteiger partial charge is 0.320 e. The highest BCUT2D eigenvalue weighted by Crippen LogP contribution is 2.24. The third-order valence-electron chi connectivity index (χ3n) is 5.36. The van der Waals surface area contributed by atoms with Crippen LogP contribution in [0.3, 0.4) is 0 Å². The van der Waals surface area contributed by atoms with Gasteiger partial charge in [0.15, 0.2) is 0 Å². The van der Waals surface area contributed by atoms with Crippen molar-refractivity contribution < 1.29 is 4.48 Å². The fourth-order valence-electron chi connectivity index (χ4n) is 4.02. The van der Waals surface area contributed by atoms with Crippen LogP contribution in [0.25, 0.3) is 0 Å². The lowest BCUT2D eigenvalue weighted by molar-refractivity contribution is -0.930. The normalized spacial score (nSPS) is 17.0. The van der Waals surface area contributed by atoms with E-state index in [1.807, 2.05) is 0 Å². The second kappa shape index (κ2) is 10.0. The van der Waals surface area contributed by atoms with Crippen LogP contribution in [0.5, 0.6) is 0 Å². The second-order valence-corrected chi connectivity index (χ2v) is 7.34. The molecule has 1 aromatic carbocycles. The lowest BCUT2D eigenvalue weighted by Crippen LogP contribution is -2.45. The van der Waals surface area contributed by atoms with Crippen LogP contribution < -0.4 is 0 Å². The summed E-state index contributed by atoms with van der Waals surface area (Å²) in [5.74, 6) is 0. The molecule has 0 amide bonds. The molecule has 0 atom stereocenters. The van der Waals surface area contributed by atoms with Gasteiger partial charge in [-0.05, 0) is 12.8 Å². The van der Waals surface area contributed by atoms with E-state index in [2.05, 4.69) is 37.3 Å². The molecule has 0 aromatic heterocycles. The van der Waals surface area contributed by atoms with Gasteiger partial charge < -0.3 is 4.48 Å². The fraction of sp³-hybridized carbons (Fsp3) is 0.714. The summed E-state index contributed by atoms with van der Waals surface area (Å²) in [4.78, 5) is 0. The summed E-state index contributed by atoms with van der Waals surface area (Å²) in [5.41, 5.74) is 1.53. The molecule has 0 N–H and O–H groups in total. The van der Waals surface area contributed by atoms with E-state index >= 15 is 0 Å². The molecular formula is C21H36N+. The summed E-state index contributed by atoms with van der Waals surface area (Å²) < 4.78 is 1.36. The molecule has 0 radical (unpaired) electrons. The zero-order valence-electron chi connectivity index (χ0n) is 14.7. The Morgan fingerprint density at radius 2 is 1.36 bits per heavy atom. The first-order valence-electron chi connectivity index (χ1n) is 9.74. The molecule has 0 aliphatic carbocycles. The van der Waals surface area contributed by atoms with Crippen LogP contribution in [-0.2, 0) is 6.54 Å². The molecule has 1 fully saturated rings. The summed E-state index contributed by atoms with van der Waals surface area (Å²) in [6.07, 6.45) is 14.3. The molecule has 1 saturated heterocycles. The van der Waals surface area contributed by atoms with Gasteiger partial charge in [0, 0.05) is 18.4 Å². The first-order chi connectivity index (χ1) is 10.8. The fourth-order valence-corrected chi connectivity index (χ4v) is 4.02. The van der Waals surface area contributed by atoms with Crippen molar-refractivity contribution in [3.05, 3.63) is 35.9 Å². The van der Waals surface area contributed by atoms with Crippen molar-refractivity contribution in [2.24, 2.45) is 0 Å². The van der Waals surface area contributed by atoms with Gasteiger partial charge in [-0.25, -0.2) is 0 Å². The molecule has 22 heavy (non-hydrogen) atoms. The molecule has 1 aromatic rings. The van der Waals surface area contributed by atoms with E-state index in [9.17, 15) is 0 Å². The number of quaternary nitrogens is 1. The second-order valence-electron chi connectivity index (χ2n) is 7.34. The van der Waals surface area contributed by atoms with Crippen LogP contribution >= 0.6 is 0 Å². The van der Waals surface area contributed by atoms with Gasteiger partial charge in [-0.1, -0.05) is 75.8 Å². The van der Waals surface area contributed by atoms with Gasteiger partial charge in [-0.15, -0.1) is 0 Å². The average molecular weight is 303 g/mol. The highest BCUT2D eigenvalue weighted by Gasteiger charge is 2.31. The molecule has 124 valence electrons. The van der Waals surface area contributed by atoms with Crippen molar-refractivity contribution >= 4 is 0 Å². The van der Waals surface area contributed by atoms with Crippen LogP contribution in [0, 0.1) is 0 Å². The van der Waals surface area contributed by atoms with E-state index in [0.717, 1.165) is 0 Å². The first kappa shape index (κ1) is 17.5. The lowest BCUT2D eigenvalue weighted by atomic mass is 10.1. The Kier molecular flexibility index (Phi) is 8.01. The molecule has 0 bridgehead atoms. The predicted octanol–water partition coefficient (Wildman–Crippen LogP) is 5.94. The van der Waals surface area contributed by atoms with E-state index in [4.69, 9.17) is 0 Å². The van der Waals surface area contributed by atoms with Crippen molar-refractivity contribution in [2.75, 3.05) is 19.6 Å². The smallest absolute Gasteiger partial charge is 0.104 e. The zero-order chi connectivity index (χ0) is 15.5. The Bertz CT molecular complexity index is 378. The Hall–Kier alpha value is -0.820. The van der Waals surface area contributed by atoms with Crippen LogP contribution in [0.1, 0.15) is 76.7 Å². The van der Waals surface area contributed by atoms with Crippen molar-refractivity contribution in [1.29, 1.82) is 0 Å². The van der Waals surface area contributed by atoms with Crippen molar-refractivity contribution in [1.82, 2.24) is 0 Å². The SMILES string of the molecule is CCCCCCCCCC[N+]1(Cc2ccccc2)CCCC1.